The zero-order valence-corrected chi connectivity index (χ0v) is 20.2. The second kappa shape index (κ2) is 11.0. The number of hydrogen-bond acceptors (Lipinski definition) is 5. The molecule has 3 amide bonds. The summed E-state index contributed by atoms with van der Waals surface area (Å²) in [6, 6.07) is 13.8. The summed E-state index contributed by atoms with van der Waals surface area (Å²) < 4.78 is 0. The number of carbonyl (C=O) groups is 3. The Morgan fingerprint density at radius 2 is 1.26 bits per heavy atom. The highest BCUT2D eigenvalue weighted by Gasteiger charge is 2.13. The summed E-state index contributed by atoms with van der Waals surface area (Å²) >= 11 is 0. The third-order valence-electron chi connectivity index (χ3n) is 5.37. The van der Waals surface area contributed by atoms with Crippen molar-refractivity contribution < 1.29 is 14.4 Å². The average molecular weight is 518 g/mol. The Morgan fingerprint density at radius 3 is 1.84 bits per heavy atom. The molecule has 14 nitrogen and oxygen atoms in total. The van der Waals surface area contributed by atoms with Crippen molar-refractivity contribution in [3.05, 3.63) is 59.9 Å². The largest absolute Gasteiger partial charge is 0.370 e. The van der Waals surface area contributed by atoms with E-state index in [1.165, 1.54) is 0 Å². The van der Waals surface area contributed by atoms with E-state index >= 15 is 0 Å². The predicted molar refractivity (Wildman–Crippen MR) is 147 cm³/mol. The molecule has 0 aliphatic carbocycles. The van der Waals surface area contributed by atoms with E-state index in [1.807, 2.05) is 0 Å². The minimum absolute atomic E-state index is 0.0406. The average Bonchev–Trinajstić information content (AvgIpc) is 3.49. The molecule has 0 aliphatic heterocycles. The second-order valence-corrected chi connectivity index (χ2v) is 8.28. The molecule has 4 aromatic rings. The smallest absolute Gasteiger partial charge is 0.272 e. The molecule has 2 aromatic heterocycles. The summed E-state index contributed by atoms with van der Waals surface area (Å²) in [5.41, 5.74) is 24.3. The molecular formula is C24H27N11O3. The highest BCUT2D eigenvalue weighted by molar-refractivity contribution is 6.07. The van der Waals surface area contributed by atoms with Crippen LogP contribution in [0.1, 0.15) is 21.0 Å². The van der Waals surface area contributed by atoms with Gasteiger partial charge in [-0.05, 0) is 48.5 Å². The minimum Gasteiger partial charge on any atom is -0.370 e. The molecule has 0 atom stereocenters. The number of anilines is 2. The Morgan fingerprint density at radius 1 is 0.711 bits per heavy atom. The number of aromatic nitrogens is 2. The third-order valence-corrected chi connectivity index (χ3v) is 5.37. The fourth-order valence-electron chi connectivity index (χ4n) is 3.68. The number of H-pyrrole nitrogens is 2. The van der Waals surface area contributed by atoms with Gasteiger partial charge in [0.1, 0.15) is 17.9 Å². The number of benzene rings is 2. The first kappa shape index (κ1) is 25.6. The normalized spacial score (nSPS) is 10.6. The second-order valence-electron chi connectivity index (χ2n) is 8.28. The lowest BCUT2D eigenvalue weighted by molar-refractivity contribution is -0.114. The number of rotatable bonds is 9. The van der Waals surface area contributed by atoms with Gasteiger partial charge >= 0.3 is 0 Å². The van der Waals surface area contributed by atoms with Gasteiger partial charge in [-0.2, -0.15) is 0 Å². The summed E-state index contributed by atoms with van der Waals surface area (Å²) in [4.78, 5) is 50.8. The van der Waals surface area contributed by atoms with Crippen molar-refractivity contribution in [2.24, 2.45) is 32.9 Å². The Kier molecular flexibility index (Phi) is 7.42. The number of carbonyl (C=O) groups excluding carboxylic acids is 3. The van der Waals surface area contributed by atoms with E-state index < -0.39 is 0 Å². The number of aromatic amines is 2. The van der Waals surface area contributed by atoms with Gasteiger partial charge in [0.2, 0.25) is 5.91 Å². The maximum Gasteiger partial charge on any atom is 0.272 e. The maximum absolute atomic E-state index is 12.9. The lowest BCUT2D eigenvalue weighted by atomic mass is 10.2. The van der Waals surface area contributed by atoms with E-state index in [0.29, 0.717) is 28.3 Å². The molecule has 38 heavy (non-hydrogen) atoms. The van der Waals surface area contributed by atoms with Gasteiger partial charge in [0.25, 0.3) is 11.8 Å². The van der Waals surface area contributed by atoms with Crippen LogP contribution in [-0.2, 0) is 4.79 Å². The van der Waals surface area contributed by atoms with E-state index in [4.69, 9.17) is 22.9 Å². The van der Waals surface area contributed by atoms with Crippen LogP contribution < -0.4 is 38.9 Å². The molecule has 0 saturated carbocycles. The van der Waals surface area contributed by atoms with E-state index in [1.54, 1.807) is 48.5 Å². The van der Waals surface area contributed by atoms with Crippen LogP contribution in [0.5, 0.6) is 0 Å². The zero-order chi connectivity index (χ0) is 27.2. The fraction of sp³-hybridized carbons (Fsp3) is 0.125. The van der Waals surface area contributed by atoms with Crippen LogP contribution >= 0.6 is 0 Å². The Balaban J connectivity index is 1.42. The third kappa shape index (κ3) is 6.37. The Labute approximate surface area is 215 Å². The van der Waals surface area contributed by atoms with Crippen molar-refractivity contribution in [1.29, 1.82) is 0 Å². The number of aliphatic imine (C=N–C) groups is 2. The number of amides is 3. The monoisotopic (exact) mass is 517 g/mol. The van der Waals surface area contributed by atoms with E-state index in [-0.39, 0.29) is 49.3 Å². The molecule has 2 heterocycles. The van der Waals surface area contributed by atoms with Crippen LogP contribution in [0.15, 0.2) is 58.5 Å². The molecule has 2 aromatic carbocycles. The first-order valence-corrected chi connectivity index (χ1v) is 11.4. The van der Waals surface area contributed by atoms with Crippen LogP contribution in [0, 0.1) is 0 Å². The first-order valence-electron chi connectivity index (χ1n) is 11.4. The lowest BCUT2D eigenvalue weighted by Gasteiger charge is -2.03. The van der Waals surface area contributed by atoms with Crippen LogP contribution in [0.2, 0.25) is 0 Å². The molecule has 0 unspecified atom stereocenters. The van der Waals surface area contributed by atoms with Crippen LogP contribution in [-0.4, -0.2) is 59.2 Å². The molecule has 14 heteroatoms. The fourth-order valence-corrected chi connectivity index (χ4v) is 3.68. The van der Waals surface area contributed by atoms with Gasteiger partial charge in [-0.3, -0.25) is 19.4 Å². The van der Waals surface area contributed by atoms with Gasteiger partial charge < -0.3 is 48.9 Å². The Hall–Kier alpha value is -5.53. The van der Waals surface area contributed by atoms with Crippen LogP contribution in [0.4, 0.5) is 11.4 Å². The number of nitrogens with two attached hydrogens (primary N) is 4. The van der Waals surface area contributed by atoms with Crippen molar-refractivity contribution in [2.75, 3.05) is 30.3 Å². The number of nitrogens with zero attached hydrogens (tertiary/aromatic N) is 2. The predicted octanol–water partition coefficient (Wildman–Crippen LogP) is 0.117. The highest BCUT2D eigenvalue weighted by Crippen LogP contribution is 2.23. The molecule has 13 N–H and O–H groups in total. The standard InChI is InChI=1S/C24H27N11O3/c25-23(26)30-6-5-29-21(37)18-9-13-8-15(2-4-16(13)34-18)33-22(38)19-10-12-7-14(1-3-17(12)35-19)32-20(36)11-31-24(27)28/h1-4,7-10,34-35H,5-6,11H2,(H,29,37)(H,32,36)(H,33,38)(H4,25,26,30)(H4,27,28,31). The van der Waals surface area contributed by atoms with E-state index in [0.717, 1.165) is 16.3 Å². The number of fused-ring (bicyclic) bond motifs is 2. The number of guanidine groups is 2. The molecule has 4 rings (SSSR count). The van der Waals surface area contributed by atoms with Gasteiger partial charge in [-0.1, -0.05) is 0 Å². The Bertz CT molecular complexity index is 1570. The summed E-state index contributed by atoms with van der Waals surface area (Å²) in [6.07, 6.45) is 0. The van der Waals surface area contributed by atoms with Gasteiger partial charge in [0, 0.05) is 39.7 Å². The molecule has 0 spiro atoms. The van der Waals surface area contributed by atoms with Crippen LogP contribution in [0.3, 0.4) is 0 Å². The zero-order valence-electron chi connectivity index (χ0n) is 20.2. The van der Waals surface area contributed by atoms with Gasteiger partial charge in [0.05, 0.1) is 6.54 Å². The molecule has 196 valence electrons. The summed E-state index contributed by atoms with van der Waals surface area (Å²) in [6.45, 7) is 0.357. The summed E-state index contributed by atoms with van der Waals surface area (Å²) in [7, 11) is 0. The van der Waals surface area contributed by atoms with Crippen molar-refractivity contribution >= 4 is 62.8 Å². The van der Waals surface area contributed by atoms with Crippen molar-refractivity contribution in [2.45, 2.75) is 0 Å². The molecule has 0 bridgehead atoms. The molecular weight excluding hydrogens is 490 g/mol. The lowest BCUT2D eigenvalue weighted by Crippen LogP contribution is -2.28. The van der Waals surface area contributed by atoms with E-state index in [9.17, 15) is 14.4 Å². The molecule has 0 saturated heterocycles. The minimum atomic E-state index is -0.377. The number of hydrogen-bond donors (Lipinski definition) is 9. The topological polar surface area (TPSA) is 248 Å². The van der Waals surface area contributed by atoms with Gasteiger partial charge in [0.15, 0.2) is 11.9 Å². The van der Waals surface area contributed by atoms with Crippen molar-refractivity contribution in [1.82, 2.24) is 15.3 Å². The number of nitrogens with one attached hydrogen (secondary N) is 5. The van der Waals surface area contributed by atoms with E-state index in [2.05, 4.69) is 35.9 Å². The van der Waals surface area contributed by atoms with Gasteiger partial charge in [-0.25, -0.2) is 4.99 Å². The molecule has 0 aliphatic rings. The summed E-state index contributed by atoms with van der Waals surface area (Å²) in [5, 5.41) is 9.73. The van der Waals surface area contributed by atoms with Crippen molar-refractivity contribution in [3.8, 4) is 0 Å². The highest BCUT2D eigenvalue weighted by atomic mass is 16.2. The maximum atomic E-state index is 12.9. The summed E-state index contributed by atoms with van der Waals surface area (Å²) in [5.74, 6) is -1.25. The van der Waals surface area contributed by atoms with Gasteiger partial charge in [-0.15, -0.1) is 0 Å². The SMILES string of the molecule is NC(N)=NCCNC(=O)c1cc2cc(NC(=O)c3cc4cc(NC(=O)CN=C(N)N)ccc4[nH]3)ccc2[nH]1. The quantitative estimate of drug-likeness (QED) is 0.0841. The van der Waals surface area contributed by atoms with Crippen molar-refractivity contribution in [3.63, 3.8) is 0 Å². The first-order chi connectivity index (χ1) is 18.2. The molecule has 0 fully saturated rings. The molecule has 0 radical (unpaired) electrons. The van der Waals surface area contributed by atoms with Crippen LogP contribution in [0.25, 0.3) is 21.8 Å².